The Labute approximate surface area is 88.3 Å². The zero-order valence-corrected chi connectivity index (χ0v) is 9.92. The normalized spacial score (nSPS) is 26.8. The maximum atomic E-state index is 8.85. The highest BCUT2D eigenvalue weighted by Gasteiger charge is 2.32. The van der Waals surface area contributed by atoms with E-state index < -0.39 is 0 Å². The molecule has 1 rings (SSSR count). The molecule has 0 aromatic carbocycles. The van der Waals surface area contributed by atoms with Crippen molar-refractivity contribution >= 4 is 0 Å². The maximum absolute atomic E-state index is 8.85. The molecule has 0 radical (unpaired) electrons. The summed E-state index contributed by atoms with van der Waals surface area (Å²) >= 11 is 0. The first-order valence-electron chi connectivity index (χ1n) is 5.85. The lowest BCUT2D eigenvalue weighted by molar-refractivity contribution is 0.0919. The molecule has 0 amide bonds. The van der Waals surface area contributed by atoms with Crippen LogP contribution < -0.4 is 0 Å². The summed E-state index contributed by atoms with van der Waals surface area (Å²) in [5, 5.41) is 8.85. The molecule has 0 bridgehead atoms. The van der Waals surface area contributed by atoms with E-state index in [0.29, 0.717) is 5.41 Å². The molecule has 1 fully saturated rings. The summed E-state index contributed by atoms with van der Waals surface area (Å²) in [5.74, 6) is 0.813. The highest BCUT2D eigenvalue weighted by molar-refractivity contribution is 4.84. The fraction of sp³-hybridized carbons (Fsp3) is 1.00. The van der Waals surface area contributed by atoms with Gasteiger partial charge in [0, 0.05) is 13.1 Å². The predicted octanol–water partition coefficient (Wildman–Crippen LogP) is 2.13. The van der Waals surface area contributed by atoms with Crippen LogP contribution in [0.25, 0.3) is 0 Å². The highest BCUT2D eigenvalue weighted by Crippen LogP contribution is 2.40. The second-order valence-corrected chi connectivity index (χ2v) is 5.42. The summed E-state index contributed by atoms with van der Waals surface area (Å²) in [6.07, 6.45) is 5.52. The quantitative estimate of drug-likeness (QED) is 0.749. The van der Waals surface area contributed by atoms with E-state index in [1.54, 1.807) is 0 Å². The first-order valence-corrected chi connectivity index (χ1v) is 5.85. The largest absolute Gasteiger partial charge is 0.395 e. The van der Waals surface area contributed by atoms with Crippen molar-refractivity contribution in [2.45, 2.75) is 39.5 Å². The van der Waals surface area contributed by atoms with Crippen LogP contribution in [-0.2, 0) is 0 Å². The van der Waals surface area contributed by atoms with E-state index in [1.807, 2.05) is 0 Å². The molecule has 1 N–H and O–H groups in total. The van der Waals surface area contributed by atoms with Gasteiger partial charge in [0.15, 0.2) is 0 Å². The zero-order valence-electron chi connectivity index (χ0n) is 9.92. The molecule has 1 atom stereocenters. The topological polar surface area (TPSA) is 23.5 Å². The zero-order chi connectivity index (χ0) is 10.6. The van der Waals surface area contributed by atoms with E-state index in [2.05, 4.69) is 25.8 Å². The van der Waals surface area contributed by atoms with E-state index in [-0.39, 0.29) is 6.61 Å². The van der Waals surface area contributed by atoms with Gasteiger partial charge in [0.2, 0.25) is 0 Å². The summed E-state index contributed by atoms with van der Waals surface area (Å²) in [7, 11) is 2.11. The van der Waals surface area contributed by atoms with Crippen LogP contribution in [0.3, 0.4) is 0 Å². The number of aliphatic hydroxyl groups is 1. The van der Waals surface area contributed by atoms with Gasteiger partial charge >= 0.3 is 0 Å². The number of rotatable bonds is 4. The Balaban J connectivity index is 2.41. The Morgan fingerprint density at radius 1 is 1.36 bits per heavy atom. The monoisotopic (exact) mass is 199 g/mol. The van der Waals surface area contributed by atoms with Gasteiger partial charge in [-0.3, -0.25) is 0 Å². The molecule has 0 spiro atoms. The summed E-state index contributed by atoms with van der Waals surface area (Å²) in [4.78, 5) is 2.26. The molecule has 0 aromatic heterocycles. The first-order chi connectivity index (χ1) is 6.56. The summed E-state index contributed by atoms with van der Waals surface area (Å²) in [6.45, 7) is 7.02. The van der Waals surface area contributed by atoms with Crippen molar-refractivity contribution < 1.29 is 5.11 Å². The van der Waals surface area contributed by atoms with Gasteiger partial charge in [-0.2, -0.15) is 0 Å². The fourth-order valence-electron chi connectivity index (χ4n) is 2.54. The lowest BCUT2D eigenvalue weighted by Gasteiger charge is -2.40. The summed E-state index contributed by atoms with van der Waals surface area (Å²) < 4.78 is 0. The Hall–Kier alpha value is -0.0800. The average molecular weight is 199 g/mol. The average Bonchev–Trinajstić information content (AvgIpc) is 2.09. The lowest BCUT2D eigenvalue weighted by Crippen LogP contribution is -2.37. The van der Waals surface area contributed by atoms with E-state index in [9.17, 15) is 0 Å². The Morgan fingerprint density at radius 3 is 2.64 bits per heavy atom. The molecular formula is C12H25NO. The molecule has 84 valence electrons. The standard InChI is InChI=1S/C12H25NO/c1-12(2)7-5-4-6-11(12)10-13(3)8-9-14/h11,14H,4-10H2,1-3H3. The highest BCUT2D eigenvalue weighted by atomic mass is 16.3. The van der Waals surface area contributed by atoms with E-state index in [4.69, 9.17) is 5.11 Å². The van der Waals surface area contributed by atoms with Gasteiger partial charge in [0.25, 0.3) is 0 Å². The number of nitrogens with zero attached hydrogens (tertiary/aromatic N) is 1. The number of likely N-dealkylation sites (N-methyl/N-ethyl adjacent to an activating group) is 1. The molecule has 1 aliphatic carbocycles. The predicted molar refractivity (Wildman–Crippen MR) is 60.3 cm³/mol. The van der Waals surface area contributed by atoms with Crippen molar-refractivity contribution in [3.8, 4) is 0 Å². The Morgan fingerprint density at radius 2 is 2.07 bits per heavy atom. The minimum atomic E-state index is 0.281. The van der Waals surface area contributed by atoms with E-state index in [1.165, 1.54) is 25.7 Å². The minimum Gasteiger partial charge on any atom is -0.395 e. The number of hydrogen-bond donors (Lipinski definition) is 1. The van der Waals surface area contributed by atoms with Crippen LogP contribution in [0.4, 0.5) is 0 Å². The van der Waals surface area contributed by atoms with Crippen LogP contribution in [0, 0.1) is 11.3 Å². The molecule has 1 unspecified atom stereocenters. The van der Waals surface area contributed by atoms with Gasteiger partial charge in [-0.25, -0.2) is 0 Å². The van der Waals surface area contributed by atoms with Crippen LogP contribution in [0.15, 0.2) is 0 Å². The SMILES string of the molecule is CN(CCO)CC1CCCCC1(C)C. The molecule has 0 heterocycles. The second-order valence-electron chi connectivity index (χ2n) is 5.42. The molecule has 2 nitrogen and oxygen atoms in total. The van der Waals surface area contributed by atoms with Crippen molar-refractivity contribution in [1.82, 2.24) is 4.90 Å². The minimum absolute atomic E-state index is 0.281. The van der Waals surface area contributed by atoms with Gasteiger partial charge in [-0.05, 0) is 31.2 Å². The third-order valence-electron chi connectivity index (χ3n) is 3.74. The Kier molecular flexibility index (Phi) is 4.39. The summed E-state index contributed by atoms with van der Waals surface area (Å²) in [5.41, 5.74) is 0.502. The van der Waals surface area contributed by atoms with Crippen molar-refractivity contribution in [2.24, 2.45) is 11.3 Å². The fourth-order valence-corrected chi connectivity index (χ4v) is 2.54. The summed E-state index contributed by atoms with van der Waals surface area (Å²) in [6, 6.07) is 0. The van der Waals surface area contributed by atoms with Crippen LogP contribution >= 0.6 is 0 Å². The molecule has 1 saturated carbocycles. The molecule has 0 aromatic rings. The number of hydrogen-bond acceptors (Lipinski definition) is 2. The maximum Gasteiger partial charge on any atom is 0.0558 e. The molecular weight excluding hydrogens is 174 g/mol. The Bertz CT molecular complexity index is 168. The van der Waals surface area contributed by atoms with Crippen molar-refractivity contribution in [2.75, 3.05) is 26.7 Å². The lowest BCUT2D eigenvalue weighted by atomic mass is 9.69. The number of aliphatic hydroxyl groups excluding tert-OH is 1. The van der Waals surface area contributed by atoms with E-state index >= 15 is 0 Å². The van der Waals surface area contributed by atoms with Gasteiger partial charge in [0.05, 0.1) is 6.61 Å². The van der Waals surface area contributed by atoms with Gasteiger partial charge in [0.1, 0.15) is 0 Å². The first kappa shape index (κ1) is 12.0. The van der Waals surface area contributed by atoms with Gasteiger partial charge < -0.3 is 10.0 Å². The van der Waals surface area contributed by atoms with Crippen LogP contribution in [-0.4, -0.2) is 36.8 Å². The molecule has 2 heteroatoms. The third-order valence-corrected chi connectivity index (χ3v) is 3.74. The van der Waals surface area contributed by atoms with Crippen LogP contribution in [0.1, 0.15) is 39.5 Å². The van der Waals surface area contributed by atoms with Gasteiger partial charge in [-0.15, -0.1) is 0 Å². The smallest absolute Gasteiger partial charge is 0.0558 e. The van der Waals surface area contributed by atoms with Crippen LogP contribution in [0.2, 0.25) is 0 Å². The van der Waals surface area contributed by atoms with E-state index in [0.717, 1.165) is 19.0 Å². The van der Waals surface area contributed by atoms with Gasteiger partial charge in [-0.1, -0.05) is 26.7 Å². The van der Waals surface area contributed by atoms with Crippen LogP contribution in [0.5, 0.6) is 0 Å². The second kappa shape index (κ2) is 5.13. The molecule has 1 aliphatic rings. The van der Waals surface area contributed by atoms with Crippen molar-refractivity contribution in [1.29, 1.82) is 0 Å². The molecule has 0 saturated heterocycles. The van der Waals surface area contributed by atoms with Crippen molar-refractivity contribution in [3.63, 3.8) is 0 Å². The third kappa shape index (κ3) is 3.25. The molecule has 0 aliphatic heterocycles. The van der Waals surface area contributed by atoms with Crippen molar-refractivity contribution in [3.05, 3.63) is 0 Å². The molecule has 14 heavy (non-hydrogen) atoms.